The van der Waals surface area contributed by atoms with Crippen molar-refractivity contribution in [1.29, 1.82) is 0 Å². The van der Waals surface area contributed by atoms with E-state index in [0.717, 1.165) is 6.92 Å². The van der Waals surface area contributed by atoms with Crippen molar-refractivity contribution in [3.05, 3.63) is 24.0 Å². The smallest absolute Gasteiger partial charge is 0.419 e. The zero-order valence-corrected chi connectivity index (χ0v) is 9.37. The van der Waals surface area contributed by atoms with Crippen molar-refractivity contribution >= 4 is 0 Å². The molecule has 0 radical (unpaired) electrons. The van der Waals surface area contributed by atoms with E-state index in [9.17, 15) is 13.2 Å². The molecule has 86 valence electrons. The molecule has 0 rings (SSSR count). The molecule has 0 fully saturated rings. The molecule has 0 spiro atoms. The molecule has 14 heavy (non-hydrogen) atoms. The van der Waals surface area contributed by atoms with Gasteiger partial charge in [0.15, 0.2) is 0 Å². The highest BCUT2D eigenvalue weighted by Gasteiger charge is 2.33. The molecule has 4 heteroatoms. The number of rotatable bonds is 1. The first-order chi connectivity index (χ1) is 6.39. The highest BCUT2D eigenvalue weighted by molar-refractivity contribution is 5.23. The number of aliphatic hydroxyl groups is 1. The molecule has 0 aliphatic heterocycles. The van der Waals surface area contributed by atoms with Crippen LogP contribution in [0, 0.1) is 0 Å². The second-order valence-corrected chi connectivity index (χ2v) is 1.70. The van der Waals surface area contributed by atoms with Crippen molar-refractivity contribution in [1.82, 2.24) is 0 Å². The summed E-state index contributed by atoms with van der Waals surface area (Å²) in [5, 5.41) is 8.44. The Hall–Kier alpha value is -0.930. The van der Waals surface area contributed by atoms with Gasteiger partial charge in [0, 0.05) is 0 Å². The van der Waals surface area contributed by atoms with Crippen molar-refractivity contribution in [2.24, 2.45) is 0 Å². The SMILES string of the molecule is C=C/C(=C(\C)O)C(F)(F)F.CC.CC. The Balaban J connectivity index is -0.000000266. The van der Waals surface area contributed by atoms with E-state index in [-0.39, 0.29) is 0 Å². The number of hydrogen-bond acceptors (Lipinski definition) is 1. The quantitative estimate of drug-likeness (QED) is 0.496. The fraction of sp³-hybridized carbons (Fsp3) is 0.600. The Morgan fingerprint density at radius 1 is 1.14 bits per heavy atom. The maximum atomic E-state index is 11.7. The minimum atomic E-state index is -4.50. The molecular formula is C10H19F3O. The zero-order chi connectivity index (χ0) is 12.4. The van der Waals surface area contributed by atoms with Crippen LogP contribution in [0.5, 0.6) is 0 Å². The van der Waals surface area contributed by atoms with Crippen molar-refractivity contribution in [3.63, 3.8) is 0 Å². The lowest BCUT2D eigenvalue weighted by molar-refractivity contribution is -0.0907. The predicted octanol–water partition coefficient (Wildman–Crippen LogP) is 4.62. The second-order valence-electron chi connectivity index (χ2n) is 1.70. The van der Waals surface area contributed by atoms with Gasteiger partial charge in [-0.3, -0.25) is 0 Å². The van der Waals surface area contributed by atoms with E-state index in [1.807, 2.05) is 27.7 Å². The first-order valence-corrected chi connectivity index (χ1v) is 4.49. The molecule has 0 saturated heterocycles. The van der Waals surface area contributed by atoms with E-state index < -0.39 is 17.5 Å². The Labute approximate surface area is 83.9 Å². The van der Waals surface area contributed by atoms with Gasteiger partial charge in [-0.1, -0.05) is 40.3 Å². The maximum Gasteiger partial charge on any atom is 0.419 e. The molecule has 0 saturated carbocycles. The van der Waals surface area contributed by atoms with Gasteiger partial charge < -0.3 is 5.11 Å². The molecule has 0 amide bonds. The number of aliphatic hydroxyl groups excluding tert-OH is 1. The van der Waals surface area contributed by atoms with Crippen LogP contribution in [-0.2, 0) is 0 Å². The normalized spacial score (nSPS) is 11.1. The topological polar surface area (TPSA) is 20.2 Å². The first-order valence-electron chi connectivity index (χ1n) is 4.49. The third kappa shape index (κ3) is 9.16. The van der Waals surface area contributed by atoms with E-state index in [1.54, 1.807) is 0 Å². The summed E-state index contributed by atoms with van der Waals surface area (Å²) in [4.78, 5) is 0. The van der Waals surface area contributed by atoms with Gasteiger partial charge in [-0.15, -0.1) is 0 Å². The summed E-state index contributed by atoms with van der Waals surface area (Å²) >= 11 is 0. The monoisotopic (exact) mass is 212 g/mol. The highest BCUT2D eigenvalue weighted by Crippen LogP contribution is 2.27. The summed E-state index contributed by atoms with van der Waals surface area (Å²) in [7, 11) is 0. The predicted molar refractivity (Wildman–Crippen MR) is 54.3 cm³/mol. The molecule has 0 heterocycles. The van der Waals surface area contributed by atoms with Crippen LogP contribution in [-0.4, -0.2) is 11.3 Å². The van der Waals surface area contributed by atoms with Crippen molar-refractivity contribution in [2.45, 2.75) is 40.8 Å². The van der Waals surface area contributed by atoms with Crippen LogP contribution in [0.25, 0.3) is 0 Å². The number of alkyl halides is 3. The van der Waals surface area contributed by atoms with Gasteiger partial charge in [0.25, 0.3) is 0 Å². The summed E-state index contributed by atoms with van der Waals surface area (Å²) in [5.41, 5.74) is -1.09. The zero-order valence-electron chi connectivity index (χ0n) is 9.37. The van der Waals surface area contributed by atoms with Crippen LogP contribution < -0.4 is 0 Å². The van der Waals surface area contributed by atoms with Crippen LogP contribution in [0.1, 0.15) is 34.6 Å². The van der Waals surface area contributed by atoms with E-state index >= 15 is 0 Å². The summed E-state index contributed by atoms with van der Waals surface area (Å²) in [6.45, 7) is 11.9. The van der Waals surface area contributed by atoms with Crippen molar-refractivity contribution < 1.29 is 18.3 Å². The Morgan fingerprint density at radius 3 is 1.43 bits per heavy atom. The summed E-state index contributed by atoms with van der Waals surface area (Å²) < 4.78 is 35.0. The molecule has 0 bridgehead atoms. The summed E-state index contributed by atoms with van der Waals surface area (Å²) in [5.74, 6) is -0.762. The fourth-order valence-corrected chi connectivity index (χ4v) is 0.469. The molecule has 1 nitrogen and oxygen atoms in total. The lowest BCUT2D eigenvalue weighted by Gasteiger charge is -2.06. The number of allylic oxidation sites excluding steroid dienone is 3. The highest BCUT2D eigenvalue weighted by atomic mass is 19.4. The molecule has 1 N–H and O–H groups in total. The largest absolute Gasteiger partial charge is 0.512 e. The lowest BCUT2D eigenvalue weighted by Crippen LogP contribution is -2.11. The van der Waals surface area contributed by atoms with Crippen LogP contribution in [0.3, 0.4) is 0 Å². The minimum absolute atomic E-state index is 0.579. The van der Waals surface area contributed by atoms with Crippen LogP contribution >= 0.6 is 0 Å². The third-order valence-electron chi connectivity index (χ3n) is 0.899. The molecule has 0 aromatic rings. The number of hydrogen-bond donors (Lipinski definition) is 1. The van der Waals surface area contributed by atoms with Gasteiger partial charge in [0.2, 0.25) is 0 Å². The van der Waals surface area contributed by atoms with E-state index in [1.165, 1.54) is 0 Å². The van der Waals surface area contributed by atoms with E-state index in [4.69, 9.17) is 5.11 Å². The van der Waals surface area contributed by atoms with Crippen molar-refractivity contribution in [3.8, 4) is 0 Å². The van der Waals surface area contributed by atoms with Gasteiger partial charge in [0.1, 0.15) is 5.76 Å². The van der Waals surface area contributed by atoms with Gasteiger partial charge >= 0.3 is 6.18 Å². The minimum Gasteiger partial charge on any atom is -0.512 e. The van der Waals surface area contributed by atoms with Gasteiger partial charge in [-0.05, 0) is 6.92 Å². The van der Waals surface area contributed by atoms with E-state index in [2.05, 4.69) is 6.58 Å². The Bertz CT molecular complexity index is 165. The molecule has 0 aliphatic carbocycles. The molecule has 0 aliphatic rings. The van der Waals surface area contributed by atoms with E-state index in [0.29, 0.717) is 6.08 Å². The molecule has 0 aromatic carbocycles. The second kappa shape index (κ2) is 10.2. The van der Waals surface area contributed by atoms with Gasteiger partial charge in [-0.25, -0.2) is 0 Å². The van der Waals surface area contributed by atoms with Crippen LogP contribution in [0.4, 0.5) is 13.2 Å². The third-order valence-corrected chi connectivity index (χ3v) is 0.899. The number of halogens is 3. The Morgan fingerprint density at radius 2 is 1.43 bits per heavy atom. The average Bonchev–Trinajstić information content (AvgIpc) is 2.09. The van der Waals surface area contributed by atoms with Crippen molar-refractivity contribution in [2.75, 3.05) is 0 Å². The molecular weight excluding hydrogens is 193 g/mol. The van der Waals surface area contributed by atoms with Gasteiger partial charge in [0.05, 0.1) is 5.57 Å². The summed E-state index contributed by atoms with van der Waals surface area (Å²) in [6.07, 6.45) is -3.92. The molecule has 0 aromatic heterocycles. The fourth-order valence-electron chi connectivity index (χ4n) is 0.469. The average molecular weight is 212 g/mol. The maximum absolute atomic E-state index is 11.7. The summed E-state index contributed by atoms with van der Waals surface area (Å²) in [6, 6.07) is 0. The molecule has 0 unspecified atom stereocenters. The molecule has 0 atom stereocenters. The van der Waals surface area contributed by atoms with Crippen LogP contribution in [0.2, 0.25) is 0 Å². The first kappa shape index (κ1) is 18.8. The van der Waals surface area contributed by atoms with Gasteiger partial charge in [-0.2, -0.15) is 13.2 Å². The Kier molecular flexibility index (Phi) is 13.6. The van der Waals surface area contributed by atoms with Crippen LogP contribution in [0.15, 0.2) is 24.0 Å². The lowest BCUT2D eigenvalue weighted by atomic mass is 10.2. The standard InChI is InChI=1S/C6H7F3O.2C2H6/c1-3-5(4(2)10)6(7,8)9;2*1-2/h3,10H,1H2,2H3;2*1-2H3/b5-4-;;.